The molecule has 0 aliphatic carbocycles. The molecule has 2 nitrogen and oxygen atoms in total. The third kappa shape index (κ3) is 3.31. The lowest BCUT2D eigenvalue weighted by molar-refractivity contribution is 0.108. The van der Waals surface area contributed by atoms with Crippen LogP contribution in [0.15, 0.2) is 12.1 Å². The number of rotatable bonds is 4. The van der Waals surface area contributed by atoms with Crippen molar-refractivity contribution < 1.29 is 4.74 Å². The van der Waals surface area contributed by atoms with Crippen LogP contribution >= 0.6 is 34.8 Å². The van der Waals surface area contributed by atoms with Crippen LogP contribution in [0.1, 0.15) is 31.4 Å². The Labute approximate surface area is 123 Å². The zero-order valence-electron chi connectivity index (χ0n) is 10.2. The monoisotopic (exact) mass is 307 g/mol. The maximum Gasteiger partial charge on any atom is 0.0781 e. The van der Waals surface area contributed by atoms with Crippen molar-refractivity contribution in [2.45, 2.75) is 31.9 Å². The lowest BCUT2D eigenvalue weighted by atomic mass is 10.1. The van der Waals surface area contributed by atoms with E-state index in [-0.39, 0.29) is 6.04 Å². The van der Waals surface area contributed by atoms with Crippen LogP contribution in [0.5, 0.6) is 0 Å². The highest BCUT2D eigenvalue weighted by Gasteiger charge is 2.18. The van der Waals surface area contributed by atoms with Gasteiger partial charge in [-0.25, -0.2) is 0 Å². The van der Waals surface area contributed by atoms with Crippen molar-refractivity contribution in [1.29, 1.82) is 0 Å². The van der Waals surface area contributed by atoms with Gasteiger partial charge in [0, 0.05) is 19.2 Å². The summed E-state index contributed by atoms with van der Waals surface area (Å²) in [4.78, 5) is 0. The van der Waals surface area contributed by atoms with Crippen LogP contribution in [0.4, 0.5) is 0 Å². The molecule has 0 bridgehead atoms. The molecule has 5 heteroatoms. The first-order valence-electron chi connectivity index (χ1n) is 6.08. The van der Waals surface area contributed by atoms with Crippen LogP contribution < -0.4 is 5.32 Å². The Kier molecular flexibility index (Phi) is 5.16. The molecular formula is C13H16Cl3NO. The Morgan fingerprint density at radius 3 is 2.78 bits per heavy atom. The molecule has 2 rings (SSSR count). The van der Waals surface area contributed by atoms with Gasteiger partial charge >= 0.3 is 0 Å². The smallest absolute Gasteiger partial charge is 0.0781 e. The zero-order valence-corrected chi connectivity index (χ0v) is 12.4. The van der Waals surface area contributed by atoms with Gasteiger partial charge in [0.2, 0.25) is 0 Å². The van der Waals surface area contributed by atoms with E-state index in [1.165, 1.54) is 0 Å². The predicted octanol–water partition coefficient (Wildman–Crippen LogP) is 4.48. The van der Waals surface area contributed by atoms with Crippen LogP contribution in [-0.4, -0.2) is 19.3 Å². The van der Waals surface area contributed by atoms with Crippen LogP contribution in [0, 0.1) is 0 Å². The van der Waals surface area contributed by atoms with E-state index in [1.807, 2.05) is 6.07 Å². The second-order valence-corrected chi connectivity index (χ2v) is 5.69. The summed E-state index contributed by atoms with van der Waals surface area (Å²) in [6.45, 7) is 3.76. The van der Waals surface area contributed by atoms with Gasteiger partial charge in [-0.2, -0.15) is 0 Å². The van der Waals surface area contributed by atoms with E-state index in [0.717, 1.165) is 31.6 Å². The predicted molar refractivity (Wildman–Crippen MR) is 76.9 cm³/mol. The summed E-state index contributed by atoms with van der Waals surface area (Å²) in [6, 6.07) is 3.80. The van der Waals surface area contributed by atoms with Gasteiger partial charge in [0.05, 0.1) is 21.2 Å². The van der Waals surface area contributed by atoms with Crippen molar-refractivity contribution in [3.63, 3.8) is 0 Å². The highest BCUT2D eigenvalue weighted by atomic mass is 35.5. The molecule has 0 amide bonds. The SMILES string of the molecule is CC(NCC1CCCO1)c1ccc(Cl)c(Cl)c1Cl. The molecule has 1 aliphatic rings. The average molecular weight is 309 g/mol. The van der Waals surface area contributed by atoms with Gasteiger partial charge in [0.25, 0.3) is 0 Å². The average Bonchev–Trinajstić information content (AvgIpc) is 2.86. The van der Waals surface area contributed by atoms with Crippen molar-refractivity contribution in [3.8, 4) is 0 Å². The fraction of sp³-hybridized carbons (Fsp3) is 0.538. The minimum atomic E-state index is 0.122. The molecule has 0 saturated carbocycles. The number of benzene rings is 1. The molecule has 2 unspecified atom stereocenters. The minimum Gasteiger partial charge on any atom is -0.377 e. The molecule has 1 aromatic rings. The fourth-order valence-corrected chi connectivity index (χ4v) is 2.81. The zero-order chi connectivity index (χ0) is 13.1. The third-order valence-electron chi connectivity index (χ3n) is 3.21. The van der Waals surface area contributed by atoms with E-state index in [1.54, 1.807) is 6.07 Å². The molecule has 100 valence electrons. The van der Waals surface area contributed by atoms with Crippen molar-refractivity contribution in [2.75, 3.05) is 13.2 Å². The Morgan fingerprint density at radius 2 is 2.11 bits per heavy atom. The molecule has 18 heavy (non-hydrogen) atoms. The second kappa shape index (κ2) is 6.44. The number of nitrogens with one attached hydrogen (secondary N) is 1. The van der Waals surface area contributed by atoms with Crippen molar-refractivity contribution in [3.05, 3.63) is 32.8 Å². The number of hydrogen-bond acceptors (Lipinski definition) is 2. The van der Waals surface area contributed by atoms with Gasteiger partial charge in [0.15, 0.2) is 0 Å². The standard InChI is InChI=1S/C13H16Cl3NO/c1-8(17-7-9-3-2-6-18-9)10-4-5-11(14)13(16)12(10)15/h4-5,8-9,17H,2-3,6-7H2,1H3. The van der Waals surface area contributed by atoms with Crippen LogP contribution in [0.25, 0.3) is 0 Å². The summed E-state index contributed by atoms with van der Waals surface area (Å²) in [5.74, 6) is 0. The van der Waals surface area contributed by atoms with Crippen LogP contribution in [-0.2, 0) is 4.74 Å². The van der Waals surface area contributed by atoms with Gasteiger partial charge in [-0.05, 0) is 31.4 Å². The van der Waals surface area contributed by atoms with E-state index >= 15 is 0 Å². The van der Waals surface area contributed by atoms with Crippen molar-refractivity contribution >= 4 is 34.8 Å². The summed E-state index contributed by atoms with van der Waals surface area (Å²) < 4.78 is 5.57. The first-order chi connectivity index (χ1) is 8.59. The van der Waals surface area contributed by atoms with Gasteiger partial charge in [0.1, 0.15) is 0 Å². The molecule has 1 saturated heterocycles. The Bertz CT molecular complexity index is 419. The van der Waals surface area contributed by atoms with Crippen molar-refractivity contribution in [2.24, 2.45) is 0 Å². The maximum atomic E-state index is 6.20. The van der Waals surface area contributed by atoms with Gasteiger partial charge in [-0.3, -0.25) is 0 Å². The van der Waals surface area contributed by atoms with Crippen LogP contribution in [0.3, 0.4) is 0 Å². The highest BCUT2D eigenvalue weighted by Crippen LogP contribution is 2.35. The van der Waals surface area contributed by atoms with E-state index in [2.05, 4.69) is 12.2 Å². The summed E-state index contributed by atoms with van der Waals surface area (Å²) in [5, 5.41) is 4.84. The number of ether oxygens (including phenoxy) is 1. The first kappa shape index (κ1) is 14.4. The Morgan fingerprint density at radius 1 is 1.33 bits per heavy atom. The fourth-order valence-electron chi connectivity index (χ4n) is 2.10. The molecule has 1 fully saturated rings. The van der Waals surface area contributed by atoms with Gasteiger partial charge in [-0.1, -0.05) is 40.9 Å². The second-order valence-electron chi connectivity index (χ2n) is 4.53. The van der Waals surface area contributed by atoms with E-state index in [4.69, 9.17) is 39.5 Å². The topological polar surface area (TPSA) is 21.3 Å². The van der Waals surface area contributed by atoms with E-state index in [0.29, 0.717) is 21.2 Å². The van der Waals surface area contributed by atoms with E-state index < -0.39 is 0 Å². The van der Waals surface area contributed by atoms with Gasteiger partial charge < -0.3 is 10.1 Å². The van der Waals surface area contributed by atoms with E-state index in [9.17, 15) is 0 Å². The summed E-state index contributed by atoms with van der Waals surface area (Å²) >= 11 is 18.2. The Balaban J connectivity index is 1.99. The molecule has 1 aromatic carbocycles. The molecule has 2 atom stereocenters. The number of hydrogen-bond donors (Lipinski definition) is 1. The molecule has 0 radical (unpaired) electrons. The minimum absolute atomic E-state index is 0.122. The quantitative estimate of drug-likeness (QED) is 0.828. The molecule has 1 aliphatic heterocycles. The normalized spacial score (nSPS) is 21.2. The third-order valence-corrected chi connectivity index (χ3v) is 4.52. The molecule has 0 aromatic heterocycles. The molecule has 1 N–H and O–H groups in total. The lowest BCUT2D eigenvalue weighted by Crippen LogP contribution is -2.28. The van der Waals surface area contributed by atoms with Gasteiger partial charge in [-0.15, -0.1) is 0 Å². The van der Waals surface area contributed by atoms with Crippen LogP contribution in [0.2, 0.25) is 15.1 Å². The summed E-state index contributed by atoms with van der Waals surface area (Å²) in [6.07, 6.45) is 2.58. The van der Waals surface area contributed by atoms with Crippen molar-refractivity contribution in [1.82, 2.24) is 5.32 Å². The molecular weight excluding hydrogens is 293 g/mol. The first-order valence-corrected chi connectivity index (χ1v) is 7.21. The summed E-state index contributed by atoms with van der Waals surface area (Å²) in [7, 11) is 0. The molecule has 1 heterocycles. The highest BCUT2D eigenvalue weighted by molar-refractivity contribution is 6.48. The number of halogens is 3. The maximum absolute atomic E-state index is 6.20. The summed E-state index contributed by atoms with van der Waals surface area (Å²) in [5.41, 5.74) is 0.962. The lowest BCUT2D eigenvalue weighted by Gasteiger charge is -2.19. The largest absolute Gasteiger partial charge is 0.377 e. The Hall–Kier alpha value is 0.01000. The molecule has 0 spiro atoms.